The van der Waals surface area contributed by atoms with E-state index in [-0.39, 0.29) is 5.38 Å². The molecule has 1 saturated carbocycles. The van der Waals surface area contributed by atoms with Crippen molar-refractivity contribution in [3.8, 4) is 0 Å². The van der Waals surface area contributed by atoms with Gasteiger partial charge in [0.25, 0.3) is 0 Å². The van der Waals surface area contributed by atoms with E-state index in [1.165, 1.54) is 24.8 Å². The summed E-state index contributed by atoms with van der Waals surface area (Å²) in [6.07, 6.45) is 3.95. The maximum Gasteiger partial charge on any atom is 0.127 e. The predicted octanol–water partition coefficient (Wildman–Crippen LogP) is 5.29. The number of fused-ring (bicyclic) bond motifs is 1. The van der Waals surface area contributed by atoms with Crippen molar-refractivity contribution in [1.29, 1.82) is 0 Å². The second-order valence-electron chi connectivity index (χ2n) is 5.97. The Labute approximate surface area is 127 Å². The Morgan fingerprint density at radius 3 is 2.79 bits per heavy atom. The van der Waals surface area contributed by atoms with Crippen molar-refractivity contribution in [3.63, 3.8) is 0 Å². The maximum absolute atomic E-state index is 6.31. The van der Waals surface area contributed by atoms with Crippen molar-refractivity contribution >= 4 is 38.6 Å². The van der Waals surface area contributed by atoms with Crippen LogP contribution < -0.4 is 0 Å². The number of nitrogens with zero attached hydrogens (tertiary/aromatic N) is 2. The number of imidazole rings is 1. The molecule has 0 bridgehead atoms. The zero-order valence-corrected chi connectivity index (χ0v) is 13.6. The Bertz CT molecular complexity index is 614. The Morgan fingerprint density at radius 2 is 2.21 bits per heavy atom. The summed E-state index contributed by atoms with van der Waals surface area (Å²) < 4.78 is 3.41. The molecule has 0 amide bonds. The lowest BCUT2D eigenvalue weighted by Gasteiger charge is -2.39. The van der Waals surface area contributed by atoms with Gasteiger partial charge in [-0.3, -0.25) is 0 Å². The average molecular weight is 342 g/mol. The van der Waals surface area contributed by atoms with Gasteiger partial charge < -0.3 is 4.57 Å². The van der Waals surface area contributed by atoms with Gasteiger partial charge in [0.15, 0.2) is 0 Å². The molecule has 3 rings (SSSR count). The van der Waals surface area contributed by atoms with Crippen LogP contribution in [0.15, 0.2) is 22.7 Å². The molecule has 1 unspecified atom stereocenters. The normalized spacial score (nSPS) is 19.4. The third-order valence-electron chi connectivity index (χ3n) is 4.20. The summed E-state index contributed by atoms with van der Waals surface area (Å²) in [5.41, 5.74) is 2.63. The van der Waals surface area contributed by atoms with Crippen molar-refractivity contribution in [3.05, 3.63) is 28.5 Å². The summed E-state index contributed by atoms with van der Waals surface area (Å²) in [5, 5.41) is -0.0603. The van der Waals surface area contributed by atoms with Gasteiger partial charge in [-0.05, 0) is 43.4 Å². The fraction of sp³-hybridized carbons (Fsp3) is 0.533. The van der Waals surface area contributed by atoms with Gasteiger partial charge in [0.1, 0.15) is 5.82 Å². The van der Waals surface area contributed by atoms with Gasteiger partial charge in [0.05, 0.1) is 16.4 Å². The summed E-state index contributed by atoms with van der Waals surface area (Å²) in [6, 6.07) is 6.24. The van der Waals surface area contributed by atoms with Gasteiger partial charge in [0, 0.05) is 11.0 Å². The largest absolute Gasteiger partial charge is 0.326 e. The minimum atomic E-state index is -0.0603. The number of aromatic nitrogens is 2. The fourth-order valence-electron chi connectivity index (χ4n) is 2.90. The molecule has 102 valence electrons. The Hall–Kier alpha value is -0.540. The Kier molecular flexibility index (Phi) is 3.38. The quantitative estimate of drug-likeness (QED) is 0.694. The van der Waals surface area contributed by atoms with Gasteiger partial charge >= 0.3 is 0 Å². The Morgan fingerprint density at radius 1 is 1.47 bits per heavy atom. The minimum Gasteiger partial charge on any atom is -0.326 e. The lowest BCUT2D eigenvalue weighted by Crippen LogP contribution is -2.31. The molecule has 1 aromatic carbocycles. The summed E-state index contributed by atoms with van der Waals surface area (Å²) in [6.45, 7) is 5.38. The van der Waals surface area contributed by atoms with Crippen LogP contribution >= 0.6 is 27.5 Å². The SMILES string of the molecule is CC(Cl)c1nc2ccc(Br)cc2n1CC1(C)CCC1. The van der Waals surface area contributed by atoms with Gasteiger partial charge in [0.2, 0.25) is 0 Å². The molecular weight excluding hydrogens is 324 g/mol. The van der Waals surface area contributed by atoms with Gasteiger partial charge in [-0.15, -0.1) is 11.6 Å². The highest BCUT2D eigenvalue weighted by atomic mass is 79.9. The number of hydrogen-bond acceptors (Lipinski definition) is 1. The zero-order valence-electron chi connectivity index (χ0n) is 11.3. The van der Waals surface area contributed by atoms with Crippen molar-refractivity contribution in [2.75, 3.05) is 0 Å². The molecule has 19 heavy (non-hydrogen) atoms. The van der Waals surface area contributed by atoms with E-state index >= 15 is 0 Å². The first kappa shape index (κ1) is 13.4. The first-order valence-corrected chi connectivity index (χ1v) is 8.01. The second kappa shape index (κ2) is 4.78. The summed E-state index contributed by atoms with van der Waals surface area (Å²) in [7, 11) is 0. The summed E-state index contributed by atoms with van der Waals surface area (Å²) in [4.78, 5) is 4.71. The van der Waals surface area contributed by atoms with Gasteiger partial charge in [-0.1, -0.05) is 29.3 Å². The molecule has 4 heteroatoms. The molecule has 0 spiro atoms. The van der Waals surface area contributed by atoms with E-state index in [2.05, 4.69) is 39.6 Å². The van der Waals surface area contributed by atoms with Crippen LogP contribution in [0.5, 0.6) is 0 Å². The van der Waals surface area contributed by atoms with E-state index in [0.717, 1.165) is 22.4 Å². The van der Waals surface area contributed by atoms with Crippen LogP contribution in [0.3, 0.4) is 0 Å². The highest BCUT2D eigenvalue weighted by Gasteiger charge is 2.33. The molecule has 1 atom stereocenters. The number of alkyl halides is 1. The maximum atomic E-state index is 6.31. The number of halogens is 2. The van der Waals surface area contributed by atoms with Crippen LogP contribution in [-0.2, 0) is 6.54 Å². The average Bonchev–Trinajstić information content (AvgIpc) is 2.66. The molecule has 0 N–H and O–H groups in total. The minimum absolute atomic E-state index is 0.0603. The van der Waals surface area contributed by atoms with Crippen molar-refractivity contribution in [2.45, 2.75) is 45.0 Å². The summed E-state index contributed by atoms with van der Waals surface area (Å²) >= 11 is 9.86. The predicted molar refractivity (Wildman–Crippen MR) is 83.7 cm³/mol. The van der Waals surface area contributed by atoms with Crippen LogP contribution in [0.2, 0.25) is 0 Å². The molecule has 2 nitrogen and oxygen atoms in total. The van der Waals surface area contributed by atoms with E-state index in [1.54, 1.807) is 0 Å². The van der Waals surface area contributed by atoms with E-state index in [4.69, 9.17) is 16.6 Å². The Balaban J connectivity index is 2.12. The van der Waals surface area contributed by atoms with Gasteiger partial charge in [-0.2, -0.15) is 0 Å². The highest BCUT2D eigenvalue weighted by Crippen LogP contribution is 2.43. The molecule has 0 radical (unpaired) electrons. The smallest absolute Gasteiger partial charge is 0.127 e. The van der Waals surface area contributed by atoms with Crippen LogP contribution in [-0.4, -0.2) is 9.55 Å². The van der Waals surface area contributed by atoms with Crippen LogP contribution in [0.1, 0.15) is 44.3 Å². The molecule has 1 heterocycles. The van der Waals surface area contributed by atoms with Crippen LogP contribution in [0.4, 0.5) is 0 Å². The highest BCUT2D eigenvalue weighted by molar-refractivity contribution is 9.10. The first-order chi connectivity index (χ1) is 8.98. The topological polar surface area (TPSA) is 17.8 Å². The molecule has 1 aromatic heterocycles. The molecular formula is C15H18BrClN2. The first-order valence-electron chi connectivity index (χ1n) is 6.78. The molecule has 0 aliphatic heterocycles. The standard InChI is InChI=1S/C15H18BrClN2/c1-10(17)14-18-12-5-4-11(16)8-13(12)19(14)9-15(2)6-3-7-15/h4-5,8,10H,3,6-7,9H2,1-2H3. The molecule has 1 aliphatic carbocycles. The number of rotatable bonds is 3. The van der Waals surface area contributed by atoms with Crippen molar-refractivity contribution in [2.24, 2.45) is 5.41 Å². The lowest BCUT2D eigenvalue weighted by molar-refractivity contribution is 0.132. The van der Waals surface area contributed by atoms with Crippen molar-refractivity contribution in [1.82, 2.24) is 9.55 Å². The van der Waals surface area contributed by atoms with E-state index in [0.29, 0.717) is 5.41 Å². The molecule has 2 aromatic rings. The molecule has 0 saturated heterocycles. The van der Waals surface area contributed by atoms with Crippen LogP contribution in [0.25, 0.3) is 11.0 Å². The third kappa shape index (κ3) is 2.43. The van der Waals surface area contributed by atoms with Gasteiger partial charge in [-0.25, -0.2) is 4.98 Å². The lowest BCUT2D eigenvalue weighted by atomic mass is 9.70. The van der Waals surface area contributed by atoms with E-state index < -0.39 is 0 Å². The van der Waals surface area contributed by atoms with Crippen molar-refractivity contribution < 1.29 is 0 Å². The molecule has 1 fully saturated rings. The zero-order chi connectivity index (χ0) is 13.6. The van der Waals surface area contributed by atoms with E-state index in [1.807, 2.05) is 13.0 Å². The second-order valence-corrected chi connectivity index (χ2v) is 7.54. The van der Waals surface area contributed by atoms with Crippen LogP contribution in [0, 0.1) is 5.41 Å². The van der Waals surface area contributed by atoms with E-state index in [9.17, 15) is 0 Å². The monoisotopic (exact) mass is 340 g/mol. The fourth-order valence-corrected chi connectivity index (χ4v) is 3.42. The third-order valence-corrected chi connectivity index (χ3v) is 4.88. The number of benzene rings is 1. The molecule has 1 aliphatic rings. The summed E-state index contributed by atoms with van der Waals surface area (Å²) in [5.74, 6) is 0.989. The number of hydrogen-bond donors (Lipinski definition) is 0.